The van der Waals surface area contributed by atoms with Crippen molar-refractivity contribution in [1.29, 1.82) is 0 Å². The van der Waals surface area contributed by atoms with Crippen molar-refractivity contribution in [2.24, 2.45) is 0 Å². The SMILES string of the molecule is O=C(NCCN1CCC(c2ccccc2)C1)c1cc(N2CCOCC2)no1. The Morgan fingerprint density at radius 3 is 2.81 bits per heavy atom. The van der Waals surface area contributed by atoms with Crippen LogP contribution in [-0.2, 0) is 4.74 Å². The Morgan fingerprint density at radius 1 is 1.19 bits per heavy atom. The highest BCUT2D eigenvalue weighted by molar-refractivity contribution is 5.92. The number of anilines is 1. The first-order valence-corrected chi connectivity index (χ1v) is 9.64. The predicted molar refractivity (Wildman–Crippen MR) is 102 cm³/mol. The van der Waals surface area contributed by atoms with Crippen molar-refractivity contribution < 1.29 is 14.1 Å². The molecule has 144 valence electrons. The number of ether oxygens (including phenoxy) is 1. The molecule has 4 rings (SSSR count). The number of nitrogens with zero attached hydrogens (tertiary/aromatic N) is 3. The summed E-state index contributed by atoms with van der Waals surface area (Å²) in [6.07, 6.45) is 1.17. The average molecular weight is 370 g/mol. The summed E-state index contributed by atoms with van der Waals surface area (Å²) >= 11 is 0. The third-order valence-electron chi connectivity index (χ3n) is 5.31. The molecule has 27 heavy (non-hydrogen) atoms. The van der Waals surface area contributed by atoms with Crippen LogP contribution in [0.3, 0.4) is 0 Å². The highest BCUT2D eigenvalue weighted by Gasteiger charge is 2.24. The topological polar surface area (TPSA) is 70.8 Å². The quantitative estimate of drug-likeness (QED) is 0.835. The molecule has 2 aliphatic heterocycles. The zero-order valence-corrected chi connectivity index (χ0v) is 15.5. The number of likely N-dealkylation sites (tertiary alicyclic amines) is 1. The smallest absolute Gasteiger partial charge is 0.290 e. The Hall–Kier alpha value is -2.38. The van der Waals surface area contributed by atoms with Crippen molar-refractivity contribution in [3.8, 4) is 0 Å². The zero-order chi connectivity index (χ0) is 18.5. The van der Waals surface area contributed by atoms with Crippen LogP contribution in [0.4, 0.5) is 5.82 Å². The monoisotopic (exact) mass is 370 g/mol. The summed E-state index contributed by atoms with van der Waals surface area (Å²) in [5, 5.41) is 6.95. The Bertz CT molecular complexity index is 743. The van der Waals surface area contributed by atoms with Gasteiger partial charge in [0.25, 0.3) is 5.91 Å². The largest absolute Gasteiger partial charge is 0.378 e. The molecule has 3 heterocycles. The lowest BCUT2D eigenvalue weighted by atomic mass is 9.99. The second-order valence-corrected chi connectivity index (χ2v) is 7.10. The minimum Gasteiger partial charge on any atom is -0.378 e. The van der Waals surface area contributed by atoms with Crippen LogP contribution in [-0.4, -0.2) is 68.4 Å². The van der Waals surface area contributed by atoms with Gasteiger partial charge in [0.2, 0.25) is 5.76 Å². The van der Waals surface area contributed by atoms with Gasteiger partial charge in [0.15, 0.2) is 5.82 Å². The summed E-state index contributed by atoms with van der Waals surface area (Å²) in [6, 6.07) is 12.4. The van der Waals surface area contributed by atoms with Crippen molar-refractivity contribution in [3.05, 3.63) is 47.7 Å². The molecule has 1 N–H and O–H groups in total. The van der Waals surface area contributed by atoms with Gasteiger partial charge in [-0.05, 0) is 24.4 Å². The number of amides is 1. The lowest BCUT2D eigenvalue weighted by Crippen LogP contribution is -2.36. The van der Waals surface area contributed by atoms with Gasteiger partial charge in [0, 0.05) is 38.8 Å². The van der Waals surface area contributed by atoms with E-state index in [0.29, 0.717) is 31.5 Å². The molecule has 1 aromatic carbocycles. The minimum atomic E-state index is -0.208. The standard InChI is InChI=1S/C20H26N4O3/c25-20(18-14-19(22-27-18)24-10-12-26-13-11-24)21-7-9-23-8-6-17(15-23)16-4-2-1-3-5-16/h1-5,14,17H,6-13,15H2,(H,21,25). The van der Waals surface area contributed by atoms with Crippen LogP contribution in [0.15, 0.2) is 40.9 Å². The third-order valence-corrected chi connectivity index (χ3v) is 5.31. The fourth-order valence-corrected chi connectivity index (χ4v) is 3.76. The maximum atomic E-state index is 12.3. The lowest BCUT2D eigenvalue weighted by molar-refractivity contribution is 0.0912. The number of nitrogens with one attached hydrogen (secondary N) is 1. The van der Waals surface area contributed by atoms with E-state index in [4.69, 9.17) is 9.26 Å². The molecule has 0 spiro atoms. The molecule has 1 amide bonds. The predicted octanol–water partition coefficient (Wildman–Crippen LogP) is 1.73. The van der Waals surface area contributed by atoms with Crippen molar-refractivity contribution in [2.45, 2.75) is 12.3 Å². The van der Waals surface area contributed by atoms with E-state index in [-0.39, 0.29) is 11.7 Å². The van der Waals surface area contributed by atoms with Crippen LogP contribution in [0.25, 0.3) is 0 Å². The second kappa shape index (κ2) is 8.54. The molecule has 0 radical (unpaired) electrons. The minimum absolute atomic E-state index is 0.208. The van der Waals surface area contributed by atoms with Gasteiger partial charge < -0.3 is 24.4 Å². The molecule has 0 bridgehead atoms. The van der Waals surface area contributed by atoms with E-state index in [9.17, 15) is 4.79 Å². The Kier molecular flexibility index (Phi) is 5.69. The molecule has 7 heteroatoms. The van der Waals surface area contributed by atoms with Crippen LogP contribution >= 0.6 is 0 Å². The number of morpholine rings is 1. The number of aromatic nitrogens is 1. The zero-order valence-electron chi connectivity index (χ0n) is 15.5. The number of rotatable bonds is 6. The third kappa shape index (κ3) is 4.48. The van der Waals surface area contributed by atoms with E-state index >= 15 is 0 Å². The van der Waals surface area contributed by atoms with E-state index in [1.54, 1.807) is 6.07 Å². The fraction of sp³-hybridized carbons (Fsp3) is 0.500. The summed E-state index contributed by atoms with van der Waals surface area (Å²) in [5.74, 6) is 1.35. The van der Waals surface area contributed by atoms with Crippen molar-refractivity contribution in [3.63, 3.8) is 0 Å². The van der Waals surface area contributed by atoms with E-state index in [1.165, 1.54) is 12.0 Å². The van der Waals surface area contributed by atoms with Crippen LogP contribution in [0, 0.1) is 0 Å². The first-order chi connectivity index (χ1) is 13.3. The van der Waals surface area contributed by atoms with E-state index < -0.39 is 0 Å². The summed E-state index contributed by atoms with van der Waals surface area (Å²) < 4.78 is 10.5. The highest BCUT2D eigenvalue weighted by Crippen LogP contribution is 2.26. The van der Waals surface area contributed by atoms with Crippen molar-refractivity contribution >= 4 is 11.7 Å². The summed E-state index contributed by atoms with van der Waals surface area (Å²) in [4.78, 5) is 16.8. The van der Waals surface area contributed by atoms with E-state index in [0.717, 1.165) is 32.7 Å². The number of benzene rings is 1. The first kappa shape index (κ1) is 18.0. The molecule has 2 aliphatic rings. The Morgan fingerprint density at radius 2 is 2.00 bits per heavy atom. The normalized spacial score (nSPS) is 20.7. The van der Waals surface area contributed by atoms with Crippen LogP contribution in [0.1, 0.15) is 28.5 Å². The van der Waals surface area contributed by atoms with Gasteiger partial charge in [-0.1, -0.05) is 35.5 Å². The molecule has 2 saturated heterocycles. The van der Waals surface area contributed by atoms with Gasteiger partial charge >= 0.3 is 0 Å². The molecule has 1 unspecified atom stereocenters. The lowest BCUT2D eigenvalue weighted by Gasteiger charge is -2.25. The maximum absolute atomic E-state index is 12.3. The molecule has 1 atom stereocenters. The molecular weight excluding hydrogens is 344 g/mol. The van der Waals surface area contributed by atoms with Gasteiger partial charge in [-0.3, -0.25) is 4.79 Å². The van der Waals surface area contributed by atoms with Gasteiger partial charge in [-0.15, -0.1) is 0 Å². The molecular formula is C20H26N4O3. The summed E-state index contributed by atoms with van der Waals surface area (Å²) in [5.41, 5.74) is 1.40. The van der Waals surface area contributed by atoms with Crippen LogP contribution in [0.5, 0.6) is 0 Å². The number of carbonyl (C=O) groups is 1. The van der Waals surface area contributed by atoms with Gasteiger partial charge in [-0.25, -0.2) is 0 Å². The van der Waals surface area contributed by atoms with Gasteiger partial charge in [-0.2, -0.15) is 0 Å². The number of carbonyl (C=O) groups excluding carboxylic acids is 1. The fourth-order valence-electron chi connectivity index (χ4n) is 3.76. The van der Waals surface area contributed by atoms with Gasteiger partial charge in [0.05, 0.1) is 13.2 Å². The van der Waals surface area contributed by atoms with Crippen molar-refractivity contribution in [1.82, 2.24) is 15.4 Å². The Labute approximate surface area is 159 Å². The Balaban J connectivity index is 1.21. The molecule has 2 aromatic rings. The number of hydrogen-bond donors (Lipinski definition) is 1. The summed E-state index contributed by atoms with van der Waals surface area (Å²) in [7, 11) is 0. The maximum Gasteiger partial charge on any atom is 0.290 e. The highest BCUT2D eigenvalue weighted by atomic mass is 16.5. The first-order valence-electron chi connectivity index (χ1n) is 9.64. The summed E-state index contributed by atoms with van der Waals surface area (Å²) in [6.45, 7) is 6.45. The molecule has 2 fully saturated rings. The molecule has 1 aromatic heterocycles. The van der Waals surface area contributed by atoms with Gasteiger partial charge in [0.1, 0.15) is 0 Å². The van der Waals surface area contributed by atoms with Crippen LogP contribution in [0.2, 0.25) is 0 Å². The second-order valence-electron chi connectivity index (χ2n) is 7.10. The number of hydrogen-bond acceptors (Lipinski definition) is 6. The van der Waals surface area contributed by atoms with E-state index in [1.807, 2.05) is 0 Å². The molecule has 7 nitrogen and oxygen atoms in total. The molecule has 0 saturated carbocycles. The van der Waals surface area contributed by atoms with E-state index in [2.05, 4.69) is 50.6 Å². The van der Waals surface area contributed by atoms with Crippen molar-refractivity contribution in [2.75, 3.05) is 57.4 Å². The molecule has 0 aliphatic carbocycles. The average Bonchev–Trinajstić information content (AvgIpc) is 3.39. The van der Waals surface area contributed by atoms with Crippen LogP contribution < -0.4 is 10.2 Å².